The van der Waals surface area contributed by atoms with Crippen LogP contribution in [0.15, 0.2) is 84.9 Å². The third kappa shape index (κ3) is 3.66. The van der Waals surface area contributed by atoms with E-state index in [9.17, 15) is 4.79 Å². The Hall–Kier alpha value is -2.33. The molecule has 2 nitrogen and oxygen atoms in total. The summed E-state index contributed by atoms with van der Waals surface area (Å²) in [6.45, 7) is 11.9. The minimum atomic E-state index is -4.14. The Bertz CT molecular complexity index is 925. The van der Waals surface area contributed by atoms with Crippen LogP contribution in [-0.4, -0.2) is 24.8 Å². The topological polar surface area (TPSA) is 26.3 Å². The van der Waals surface area contributed by atoms with Gasteiger partial charge in [-0.25, -0.2) is 0 Å². The Balaban J connectivity index is 2.47. The molecule has 3 aromatic rings. The van der Waals surface area contributed by atoms with E-state index in [4.69, 9.17) is 3.07 Å². The molecule has 0 unspecified atom stereocenters. The molecule has 0 fully saturated rings. The first-order valence-electron chi connectivity index (χ1n) is 9.45. The van der Waals surface area contributed by atoms with E-state index in [0.29, 0.717) is 5.57 Å². The molecular weight excluding hydrogens is 451 g/mol. The summed E-state index contributed by atoms with van der Waals surface area (Å²) in [7, 11) is 0. The fourth-order valence-corrected chi connectivity index (χ4v) is 16.7. The molecular formula is C25H26O2Sn. The van der Waals surface area contributed by atoms with E-state index < -0.39 is 18.8 Å². The number of benzene rings is 3. The fraction of sp³-hybridized carbons (Fsp3) is 0.160. The number of hydrogen-bond acceptors (Lipinski definition) is 2. The van der Waals surface area contributed by atoms with E-state index in [2.05, 4.69) is 63.7 Å². The van der Waals surface area contributed by atoms with Gasteiger partial charge in [-0.15, -0.1) is 0 Å². The second kappa shape index (κ2) is 8.36. The van der Waals surface area contributed by atoms with Crippen LogP contribution < -0.4 is 10.7 Å². The Kier molecular flexibility index (Phi) is 6.09. The van der Waals surface area contributed by atoms with Gasteiger partial charge in [0, 0.05) is 0 Å². The van der Waals surface area contributed by atoms with Crippen LogP contribution in [0.3, 0.4) is 0 Å². The monoisotopic (exact) mass is 478 g/mol. The molecule has 0 saturated heterocycles. The van der Waals surface area contributed by atoms with Gasteiger partial charge in [0.25, 0.3) is 0 Å². The predicted octanol–water partition coefficient (Wildman–Crippen LogP) is 3.70. The molecule has 3 rings (SSSR count). The summed E-state index contributed by atoms with van der Waals surface area (Å²) in [4.78, 5) is 12.9. The Morgan fingerprint density at radius 1 is 0.714 bits per heavy atom. The third-order valence-corrected chi connectivity index (χ3v) is 17.9. The molecule has 3 heteroatoms. The van der Waals surface area contributed by atoms with Gasteiger partial charge in [-0.2, -0.15) is 0 Å². The van der Waals surface area contributed by atoms with Crippen molar-refractivity contribution in [2.75, 3.05) is 0 Å². The van der Waals surface area contributed by atoms with Crippen LogP contribution in [0.5, 0.6) is 0 Å². The van der Waals surface area contributed by atoms with Gasteiger partial charge in [0.1, 0.15) is 0 Å². The van der Waals surface area contributed by atoms with Crippen LogP contribution in [-0.2, 0) is 7.87 Å². The van der Waals surface area contributed by atoms with E-state index in [-0.39, 0.29) is 5.97 Å². The van der Waals surface area contributed by atoms with Crippen LogP contribution in [0.25, 0.3) is 0 Å². The first-order valence-corrected chi connectivity index (χ1v) is 14.9. The summed E-state index contributed by atoms with van der Waals surface area (Å²) in [5, 5.41) is 0. The van der Waals surface area contributed by atoms with Crippen molar-refractivity contribution in [2.45, 2.75) is 27.7 Å². The molecule has 0 heterocycles. The van der Waals surface area contributed by atoms with E-state index in [1.54, 1.807) is 6.92 Å². The Morgan fingerprint density at radius 2 is 1.04 bits per heavy atom. The molecule has 0 amide bonds. The molecule has 0 aliphatic carbocycles. The number of carbonyl (C=O) groups excluding carboxylic acids is 1. The summed E-state index contributed by atoms with van der Waals surface area (Å²) in [5.74, 6) is -0.314. The zero-order valence-corrected chi connectivity index (χ0v) is 19.8. The van der Waals surface area contributed by atoms with E-state index >= 15 is 0 Å². The average Bonchev–Trinajstić information content (AvgIpc) is 2.67. The van der Waals surface area contributed by atoms with Crippen LogP contribution in [0.1, 0.15) is 23.6 Å². The number of rotatable bonds is 5. The molecule has 0 spiro atoms. The summed E-state index contributed by atoms with van der Waals surface area (Å²) in [6, 6.07) is 24.9. The van der Waals surface area contributed by atoms with Gasteiger partial charge < -0.3 is 0 Å². The maximum absolute atomic E-state index is 12.9. The molecule has 0 N–H and O–H groups in total. The quantitative estimate of drug-likeness (QED) is 0.414. The van der Waals surface area contributed by atoms with Crippen molar-refractivity contribution in [3.05, 3.63) is 102 Å². The molecule has 0 radical (unpaired) electrons. The summed E-state index contributed by atoms with van der Waals surface area (Å²) in [6.07, 6.45) is 0. The minimum absolute atomic E-state index is 0.314. The van der Waals surface area contributed by atoms with Crippen molar-refractivity contribution in [3.8, 4) is 0 Å². The van der Waals surface area contributed by atoms with Gasteiger partial charge in [-0.3, -0.25) is 0 Å². The van der Waals surface area contributed by atoms with Crippen molar-refractivity contribution in [2.24, 2.45) is 0 Å². The zero-order valence-electron chi connectivity index (χ0n) is 17.0. The van der Waals surface area contributed by atoms with Gasteiger partial charge in [-0.05, 0) is 0 Å². The summed E-state index contributed by atoms with van der Waals surface area (Å²) < 4.78 is 10.1. The molecule has 0 aliphatic rings. The van der Waals surface area contributed by atoms with Crippen molar-refractivity contribution in [1.82, 2.24) is 0 Å². The van der Waals surface area contributed by atoms with Crippen LogP contribution in [0, 0.1) is 20.8 Å². The predicted molar refractivity (Wildman–Crippen MR) is 119 cm³/mol. The van der Waals surface area contributed by atoms with E-state index in [0.717, 1.165) is 27.4 Å². The van der Waals surface area contributed by atoms with Crippen molar-refractivity contribution >= 4 is 35.5 Å². The molecule has 28 heavy (non-hydrogen) atoms. The molecule has 0 aromatic heterocycles. The van der Waals surface area contributed by atoms with Gasteiger partial charge >= 0.3 is 173 Å². The zero-order chi connectivity index (χ0) is 20.3. The van der Waals surface area contributed by atoms with Crippen LogP contribution in [0.4, 0.5) is 0 Å². The van der Waals surface area contributed by atoms with Gasteiger partial charge in [-0.1, -0.05) is 0 Å². The molecule has 0 aliphatic heterocycles. The van der Waals surface area contributed by atoms with E-state index in [1.807, 2.05) is 36.4 Å². The normalized spacial score (nSPS) is 11.1. The van der Waals surface area contributed by atoms with Gasteiger partial charge in [0.05, 0.1) is 0 Å². The number of hydrogen-bond donors (Lipinski definition) is 0. The second-order valence-electron chi connectivity index (χ2n) is 7.30. The van der Waals surface area contributed by atoms with Crippen LogP contribution in [0.2, 0.25) is 0 Å². The van der Waals surface area contributed by atoms with Crippen LogP contribution >= 0.6 is 0 Å². The molecule has 0 atom stereocenters. The third-order valence-electron chi connectivity index (χ3n) is 5.17. The SMILES string of the molecule is C=C(C)C(=O)[O][Sn]([c]1ccccc1C)([c]1ccccc1C)[c]1ccccc1C. The molecule has 0 bridgehead atoms. The Labute approximate surface area is 172 Å². The fourth-order valence-electron chi connectivity index (χ4n) is 3.73. The average molecular weight is 477 g/mol. The molecule has 3 aromatic carbocycles. The number of carbonyl (C=O) groups is 1. The van der Waals surface area contributed by atoms with Gasteiger partial charge in [0.2, 0.25) is 0 Å². The Morgan fingerprint density at radius 3 is 1.32 bits per heavy atom. The second-order valence-corrected chi connectivity index (χ2v) is 16.4. The summed E-state index contributed by atoms with van der Waals surface area (Å²) >= 11 is -4.14. The first kappa shape index (κ1) is 20.4. The van der Waals surface area contributed by atoms with Crippen molar-refractivity contribution < 1.29 is 7.87 Å². The standard InChI is InChI=1S/3C7H7.C4H6O2.Sn/c3*1-7-5-3-2-4-6-7;1-3(2)4(5)6;/h3*2-5H,1H3;1H2,2H3,(H,5,6);/q;;;;+1/p-1. The maximum atomic E-state index is 12.9. The molecule has 0 saturated carbocycles. The molecule has 142 valence electrons. The van der Waals surface area contributed by atoms with Crippen molar-refractivity contribution in [1.29, 1.82) is 0 Å². The van der Waals surface area contributed by atoms with Gasteiger partial charge in [0.15, 0.2) is 0 Å². The van der Waals surface area contributed by atoms with Crippen molar-refractivity contribution in [3.63, 3.8) is 0 Å². The number of aryl methyl sites for hydroxylation is 3. The summed E-state index contributed by atoms with van der Waals surface area (Å²) in [5.41, 5.74) is 3.88. The first-order chi connectivity index (χ1) is 13.4. The van der Waals surface area contributed by atoms with E-state index in [1.165, 1.54) is 0 Å².